The molecule has 2 atom stereocenters. The number of hydrogen-bond donors (Lipinski definition) is 1. The average Bonchev–Trinajstić information content (AvgIpc) is 3.22. The van der Waals surface area contributed by atoms with Crippen LogP contribution in [0.15, 0.2) is 30.3 Å². The third-order valence-electron chi connectivity index (χ3n) is 7.65. The molecule has 0 aliphatic carbocycles. The molecule has 0 aromatic heterocycles. The van der Waals surface area contributed by atoms with Crippen LogP contribution in [0.5, 0.6) is 5.75 Å². The van der Waals surface area contributed by atoms with Gasteiger partial charge in [0.05, 0.1) is 11.6 Å². The number of nitrogens with zero attached hydrogens (tertiary/aromatic N) is 2. The Morgan fingerprint density at radius 3 is 2.57 bits per heavy atom. The molecule has 3 aliphatic rings. The van der Waals surface area contributed by atoms with Crippen molar-refractivity contribution in [2.24, 2.45) is 0 Å². The Labute approximate surface area is 212 Å². The second-order valence-corrected chi connectivity index (χ2v) is 10.9. The number of halogens is 1. The van der Waals surface area contributed by atoms with Crippen LogP contribution in [-0.2, 0) is 16.0 Å². The van der Waals surface area contributed by atoms with E-state index < -0.39 is 6.04 Å². The lowest BCUT2D eigenvalue weighted by Gasteiger charge is -2.37. The molecule has 1 spiro atoms. The van der Waals surface area contributed by atoms with E-state index in [1.165, 1.54) is 23.7 Å². The minimum absolute atomic E-state index is 0.0570. The Balaban J connectivity index is 1.30. The first-order valence-electron chi connectivity index (χ1n) is 12.7. The lowest BCUT2D eigenvalue weighted by atomic mass is 9.90. The van der Waals surface area contributed by atoms with Crippen LogP contribution < -0.4 is 15.0 Å². The molecule has 2 amide bonds. The molecule has 0 bridgehead atoms. The summed E-state index contributed by atoms with van der Waals surface area (Å²) < 4.78 is 6.61. The standard InChI is InChI=1S/C28H34ClN3O3/c1-18-12-19(2)14-23(13-18)31-11-9-28(17-31)8-7-21-15-22(16-24(29)26(21)35-28)30-27(34)25-6-4-5-10-32(25)20(3)33/h12-16,25H,4-11,17H2,1-3H3,(H,30,34)/t25-,28?/m1/s1. The Bertz CT molecular complexity index is 1150. The molecule has 2 aromatic rings. The first-order chi connectivity index (χ1) is 16.7. The summed E-state index contributed by atoms with van der Waals surface area (Å²) >= 11 is 6.70. The highest BCUT2D eigenvalue weighted by molar-refractivity contribution is 6.32. The molecule has 2 fully saturated rings. The van der Waals surface area contributed by atoms with Crippen LogP contribution in [0.2, 0.25) is 5.02 Å². The van der Waals surface area contributed by atoms with Gasteiger partial charge < -0.3 is 19.9 Å². The number of nitrogens with one attached hydrogen (secondary N) is 1. The molecule has 1 N–H and O–H groups in total. The zero-order valence-electron chi connectivity index (χ0n) is 20.8. The molecule has 1 unspecified atom stereocenters. The number of amides is 2. The number of carbonyl (C=O) groups excluding carboxylic acids is 2. The molecule has 0 radical (unpaired) electrons. The van der Waals surface area contributed by atoms with E-state index in [0.717, 1.165) is 56.5 Å². The largest absolute Gasteiger partial charge is 0.483 e. The van der Waals surface area contributed by atoms with Gasteiger partial charge in [0.1, 0.15) is 17.4 Å². The van der Waals surface area contributed by atoms with Crippen molar-refractivity contribution < 1.29 is 14.3 Å². The zero-order valence-corrected chi connectivity index (χ0v) is 21.6. The lowest BCUT2D eigenvalue weighted by molar-refractivity contribution is -0.138. The normalized spacial score (nSPS) is 23.7. The van der Waals surface area contributed by atoms with Crippen molar-refractivity contribution in [1.82, 2.24) is 4.90 Å². The summed E-state index contributed by atoms with van der Waals surface area (Å²) in [5.74, 6) is 0.531. The van der Waals surface area contributed by atoms with Crippen LogP contribution in [0.1, 0.15) is 55.7 Å². The van der Waals surface area contributed by atoms with Gasteiger partial charge in [-0.2, -0.15) is 0 Å². The van der Waals surface area contributed by atoms with Gasteiger partial charge in [-0.1, -0.05) is 17.7 Å². The van der Waals surface area contributed by atoms with Crippen molar-refractivity contribution in [3.63, 3.8) is 0 Å². The summed E-state index contributed by atoms with van der Waals surface area (Å²) in [6.45, 7) is 8.23. The summed E-state index contributed by atoms with van der Waals surface area (Å²) in [6, 6.07) is 10.0. The zero-order chi connectivity index (χ0) is 24.7. The fraction of sp³-hybridized carbons (Fsp3) is 0.500. The number of carbonyl (C=O) groups is 2. The Hall–Kier alpha value is -2.73. The number of aryl methyl sites for hydroxylation is 3. The summed E-state index contributed by atoms with van der Waals surface area (Å²) in [4.78, 5) is 29.1. The smallest absolute Gasteiger partial charge is 0.247 e. The van der Waals surface area contributed by atoms with E-state index in [-0.39, 0.29) is 17.4 Å². The first kappa shape index (κ1) is 24.0. The van der Waals surface area contributed by atoms with E-state index in [1.807, 2.05) is 6.07 Å². The van der Waals surface area contributed by atoms with Gasteiger partial charge in [0.25, 0.3) is 0 Å². The number of anilines is 2. The molecule has 0 saturated carbocycles. The highest BCUT2D eigenvalue weighted by atomic mass is 35.5. The Morgan fingerprint density at radius 1 is 1.06 bits per heavy atom. The maximum absolute atomic E-state index is 13.0. The molecule has 3 aliphatic heterocycles. The molecular weight excluding hydrogens is 462 g/mol. The molecular formula is C28H34ClN3O3. The van der Waals surface area contributed by atoms with Gasteiger partial charge in [0, 0.05) is 37.8 Å². The van der Waals surface area contributed by atoms with Gasteiger partial charge in [0.2, 0.25) is 11.8 Å². The van der Waals surface area contributed by atoms with E-state index >= 15 is 0 Å². The number of hydrogen-bond acceptors (Lipinski definition) is 4. The summed E-state index contributed by atoms with van der Waals surface area (Å²) in [5, 5.41) is 3.53. The van der Waals surface area contributed by atoms with Crippen molar-refractivity contribution in [2.45, 2.75) is 70.9 Å². The number of benzene rings is 2. The molecule has 2 saturated heterocycles. The molecule has 3 heterocycles. The third-order valence-corrected chi connectivity index (χ3v) is 7.94. The van der Waals surface area contributed by atoms with Crippen LogP contribution in [-0.4, -0.2) is 48.0 Å². The third kappa shape index (κ3) is 4.86. The van der Waals surface area contributed by atoms with Crippen LogP contribution >= 0.6 is 11.6 Å². The van der Waals surface area contributed by atoms with Gasteiger partial charge in [0.15, 0.2) is 0 Å². The highest BCUT2D eigenvalue weighted by Crippen LogP contribution is 2.44. The number of likely N-dealkylation sites (tertiary alicyclic amines) is 1. The fourth-order valence-corrected chi connectivity index (χ4v) is 6.22. The van der Waals surface area contributed by atoms with Crippen molar-refractivity contribution in [3.8, 4) is 5.75 Å². The van der Waals surface area contributed by atoms with Crippen molar-refractivity contribution in [2.75, 3.05) is 29.9 Å². The highest BCUT2D eigenvalue weighted by Gasteiger charge is 2.43. The maximum atomic E-state index is 13.0. The van der Waals surface area contributed by atoms with Gasteiger partial charge >= 0.3 is 0 Å². The Kier molecular flexibility index (Phi) is 6.43. The second kappa shape index (κ2) is 9.38. The quantitative estimate of drug-likeness (QED) is 0.630. The number of piperidine rings is 1. The van der Waals surface area contributed by atoms with Gasteiger partial charge in [-0.25, -0.2) is 0 Å². The average molecular weight is 496 g/mol. The summed E-state index contributed by atoms with van der Waals surface area (Å²) in [6.07, 6.45) is 5.29. The van der Waals surface area contributed by atoms with E-state index in [4.69, 9.17) is 16.3 Å². The van der Waals surface area contributed by atoms with E-state index in [2.05, 4.69) is 42.3 Å². The SMILES string of the molecule is CC(=O)N1CCCC[C@@H]1C(=O)Nc1cc(Cl)c2c(c1)CCC1(CCN(c3cc(C)cc(C)c3)C1)O2. The number of ether oxygens (including phenoxy) is 1. The molecule has 2 aromatic carbocycles. The van der Waals surface area contributed by atoms with Crippen LogP contribution in [0.4, 0.5) is 11.4 Å². The molecule has 186 valence electrons. The minimum atomic E-state index is -0.426. The van der Waals surface area contributed by atoms with Gasteiger partial charge in [-0.3, -0.25) is 9.59 Å². The fourth-order valence-electron chi connectivity index (χ4n) is 5.94. The number of rotatable bonds is 3. The van der Waals surface area contributed by atoms with Gasteiger partial charge in [-0.15, -0.1) is 0 Å². The van der Waals surface area contributed by atoms with E-state index in [1.54, 1.807) is 11.0 Å². The van der Waals surface area contributed by atoms with Crippen LogP contribution in [0.3, 0.4) is 0 Å². The van der Waals surface area contributed by atoms with Crippen molar-refractivity contribution >= 4 is 34.8 Å². The predicted octanol–water partition coefficient (Wildman–Crippen LogP) is 5.27. The molecule has 5 rings (SSSR count). The molecule has 35 heavy (non-hydrogen) atoms. The van der Waals surface area contributed by atoms with Crippen molar-refractivity contribution in [1.29, 1.82) is 0 Å². The first-order valence-corrected chi connectivity index (χ1v) is 13.0. The monoisotopic (exact) mass is 495 g/mol. The van der Waals surface area contributed by atoms with Gasteiger partial charge in [-0.05, 0) is 86.9 Å². The van der Waals surface area contributed by atoms with E-state index in [0.29, 0.717) is 23.7 Å². The van der Waals surface area contributed by atoms with E-state index in [9.17, 15) is 9.59 Å². The lowest BCUT2D eigenvalue weighted by Crippen LogP contribution is -2.49. The number of fused-ring (bicyclic) bond motifs is 1. The Morgan fingerprint density at radius 2 is 1.83 bits per heavy atom. The maximum Gasteiger partial charge on any atom is 0.247 e. The van der Waals surface area contributed by atoms with Crippen molar-refractivity contribution in [3.05, 3.63) is 52.0 Å². The predicted molar refractivity (Wildman–Crippen MR) is 140 cm³/mol. The van der Waals surface area contributed by atoms with Crippen LogP contribution in [0, 0.1) is 13.8 Å². The van der Waals surface area contributed by atoms with Crippen LogP contribution in [0.25, 0.3) is 0 Å². The molecule has 6 nitrogen and oxygen atoms in total. The topological polar surface area (TPSA) is 61.9 Å². The second-order valence-electron chi connectivity index (χ2n) is 10.5. The summed E-state index contributed by atoms with van der Waals surface area (Å²) in [7, 11) is 0. The molecule has 7 heteroatoms. The summed E-state index contributed by atoms with van der Waals surface area (Å²) in [5.41, 5.74) is 5.23. The minimum Gasteiger partial charge on any atom is -0.483 e.